The number of carbonyl (C=O) groups is 3. The van der Waals surface area contributed by atoms with Crippen molar-refractivity contribution in [2.24, 2.45) is 0 Å². The normalized spacial score (nSPS) is 11.6. The van der Waals surface area contributed by atoms with E-state index in [0.29, 0.717) is 11.3 Å². The molecule has 0 aliphatic carbocycles. The molecule has 0 bridgehead atoms. The topological polar surface area (TPSA) is 85.6 Å². The summed E-state index contributed by atoms with van der Waals surface area (Å²) in [6.45, 7) is 7.01. The smallest absolute Gasteiger partial charge is 0.374 e. The average molecular weight is 419 g/mol. The fraction of sp³-hybridized carbons (Fsp3) is 0.240. The predicted octanol–water partition coefficient (Wildman–Crippen LogP) is 4.80. The van der Waals surface area contributed by atoms with Crippen molar-refractivity contribution in [3.05, 3.63) is 82.6 Å². The number of esters is 1. The van der Waals surface area contributed by atoms with Crippen molar-refractivity contribution < 1.29 is 23.5 Å². The Morgan fingerprint density at radius 1 is 0.968 bits per heavy atom. The summed E-state index contributed by atoms with van der Waals surface area (Å²) in [5, 5.41) is 2.82. The minimum absolute atomic E-state index is 0.000604. The minimum Gasteiger partial charge on any atom is -0.450 e. The lowest BCUT2D eigenvalue weighted by Gasteiger charge is -2.15. The maximum atomic E-state index is 12.2. The second-order valence-corrected chi connectivity index (χ2v) is 7.51. The molecule has 0 aliphatic rings. The summed E-state index contributed by atoms with van der Waals surface area (Å²) in [6.07, 6.45) is 0. The number of hydrogen-bond acceptors (Lipinski definition) is 5. The molecule has 0 unspecified atom stereocenters. The number of Topliss-reactive ketones (excluding diaryl/α,β-unsaturated/α-hetero) is 1. The van der Waals surface area contributed by atoms with Gasteiger partial charge in [0.05, 0.1) is 6.04 Å². The third-order valence-corrected chi connectivity index (χ3v) is 5.13. The van der Waals surface area contributed by atoms with Crippen LogP contribution < -0.4 is 5.32 Å². The van der Waals surface area contributed by atoms with Gasteiger partial charge in [0.2, 0.25) is 5.76 Å². The van der Waals surface area contributed by atoms with Crippen LogP contribution in [0.5, 0.6) is 0 Å². The molecule has 1 amide bonds. The number of benzene rings is 2. The van der Waals surface area contributed by atoms with E-state index in [-0.39, 0.29) is 17.6 Å². The molecule has 160 valence electrons. The second-order valence-electron chi connectivity index (χ2n) is 7.51. The number of carbonyl (C=O) groups excluding carboxylic acids is 3. The molecule has 31 heavy (non-hydrogen) atoms. The van der Waals surface area contributed by atoms with Crippen LogP contribution in [0.3, 0.4) is 0 Å². The maximum Gasteiger partial charge on any atom is 0.374 e. The number of ether oxygens (including phenoxy) is 1. The fourth-order valence-corrected chi connectivity index (χ4v) is 3.07. The Balaban J connectivity index is 1.55. The molecule has 1 heterocycles. The minimum atomic E-state index is -0.722. The molecule has 0 saturated carbocycles. The van der Waals surface area contributed by atoms with Crippen molar-refractivity contribution in [2.75, 3.05) is 6.61 Å². The fourth-order valence-electron chi connectivity index (χ4n) is 3.07. The molecule has 6 nitrogen and oxygen atoms in total. The van der Waals surface area contributed by atoms with Gasteiger partial charge in [-0.05, 0) is 56.5 Å². The zero-order valence-electron chi connectivity index (χ0n) is 18.0. The molecule has 0 saturated heterocycles. The highest BCUT2D eigenvalue weighted by Gasteiger charge is 2.17. The zero-order valence-corrected chi connectivity index (χ0v) is 18.0. The van der Waals surface area contributed by atoms with Gasteiger partial charge in [-0.15, -0.1) is 0 Å². The van der Waals surface area contributed by atoms with Gasteiger partial charge in [0.1, 0.15) is 5.76 Å². The van der Waals surface area contributed by atoms with Gasteiger partial charge in [0.25, 0.3) is 5.91 Å². The highest BCUT2D eigenvalue weighted by molar-refractivity contribution is 5.94. The van der Waals surface area contributed by atoms with Gasteiger partial charge in [-0.3, -0.25) is 9.59 Å². The first-order chi connectivity index (χ1) is 14.7. The Hall–Kier alpha value is -3.67. The molecule has 3 rings (SSSR count). The van der Waals surface area contributed by atoms with Crippen LogP contribution in [0.15, 0.2) is 59.0 Å². The zero-order chi connectivity index (χ0) is 22.5. The molecular formula is C25H25NO5. The van der Waals surface area contributed by atoms with Crippen molar-refractivity contribution in [1.29, 1.82) is 0 Å². The van der Waals surface area contributed by atoms with E-state index in [2.05, 4.69) is 5.32 Å². The first-order valence-corrected chi connectivity index (χ1v) is 9.99. The van der Waals surface area contributed by atoms with Crippen molar-refractivity contribution in [3.8, 4) is 11.3 Å². The molecule has 1 atom stereocenters. The van der Waals surface area contributed by atoms with Crippen molar-refractivity contribution in [3.63, 3.8) is 0 Å². The van der Waals surface area contributed by atoms with Crippen LogP contribution in [-0.2, 0) is 9.53 Å². The summed E-state index contributed by atoms with van der Waals surface area (Å²) in [7, 11) is 0. The molecule has 2 aromatic carbocycles. The summed E-state index contributed by atoms with van der Waals surface area (Å²) in [5.74, 6) is -0.679. The van der Waals surface area contributed by atoms with E-state index in [0.717, 1.165) is 16.7 Å². The largest absolute Gasteiger partial charge is 0.450 e. The highest BCUT2D eigenvalue weighted by Crippen LogP contribution is 2.23. The molecule has 3 aromatic rings. The van der Waals surface area contributed by atoms with Gasteiger partial charge in [-0.25, -0.2) is 4.79 Å². The molecule has 1 N–H and O–H groups in total. The number of nitrogens with one attached hydrogen (secondary N) is 1. The van der Waals surface area contributed by atoms with Crippen LogP contribution in [0.4, 0.5) is 0 Å². The van der Waals surface area contributed by atoms with Crippen LogP contribution in [-0.4, -0.2) is 24.3 Å². The maximum absolute atomic E-state index is 12.2. The van der Waals surface area contributed by atoms with Crippen LogP contribution in [0.1, 0.15) is 57.5 Å². The number of hydrogen-bond donors (Lipinski definition) is 1. The Morgan fingerprint density at radius 3 is 2.32 bits per heavy atom. The molecule has 0 radical (unpaired) electrons. The summed E-state index contributed by atoms with van der Waals surface area (Å²) in [6, 6.07) is 15.8. The van der Waals surface area contributed by atoms with E-state index >= 15 is 0 Å². The van der Waals surface area contributed by atoms with Crippen molar-refractivity contribution in [1.82, 2.24) is 5.32 Å². The standard InChI is InChI=1S/C25H25NO5/c1-15-5-6-21(13-16(15)2)17(3)26-24(28)14-30-25(29)23-12-11-22(31-23)20-9-7-19(8-10-20)18(4)27/h5-13,17H,14H2,1-4H3,(H,26,28)/t17-/m1/s1. The number of ketones is 1. The molecular weight excluding hydrogens is 394 g/mol. The summed E-state index contributed by atoms with van der Waals surface area (Å²) in [5.41, 5.74) is 4.63. The Labute approximate surface area is 181 Å². The van der Waals surface area contributed by atoms with Crippen LogP contribution in [0.2, 0.25) is 0 Å². The van der Waals surface area contributed by atoms with E-state index in [4.69, 9.17) is 9.15 Å². The lowest BCUT2D eigenvalue weighted by molar-refractivity contribution is -0.124. The number of furan rings is 1. The average Bonchev–Trinajstić information content (AvgIpc) is 3.24. The van der Waals surface area contributed by atoms with Crippen LogP contribution in [0.25, 0.3) is 11.3 Å². The van der Waals surface area contributed by atoms with E-state index in [1.54, 1.807) is 30.3 Å². The molecule has 6 heteroatoms. The second kappa shape index (κ2) is 9.43. The monoisotopic (exact) mass is 419 g/mol. The quantitative estimate of drug-likeness (QED) is 0.439. The Bertz CT molecular complexity index is 1110. The first-order valence-electron chi connectivity index (χ1n) is 9.99. The van der Waals surface area contributed by atoms with Gasteiger partial charge in [0.15, 0.2) is 12.4 Å². The molecule has 1 aromatic heterocycles. The lowest BCUT2D eigenvalue weighted by Crippen LogP contribution is -2.31. The van der Waals surface area contributed by atoms with Gasteiger partial charge in [-0.1, -0.05) is 42.5 Å². The Kier molecular flexibility index (Phi) is 6.70. The predicted molar refractivity (Wildman–Crippen MR) is 117 cm³/mol. The third-order valence-electron chi connectivity index (χ3n) is 5.13. The molecule has 0 aliphatic heterocycles. The van der Waals surface area contributed by atoms with E-state index in [9.17, 15) is 14.4 Å². The number of amides is 1. The third kappa shape index (κ3) is 5.48. The summed E-state index contributed by atoms with van der Waals surface area (Å²) in [4.78, 5) is 35.8. The Morgan fingerprint density at radius 2 is 1.68 bits per heavy atom. The number of aryl methyl sites for hydroxylation is 2. The van der Waals surface area contributed by atoms with Gasteiger partial charge >= 0.3 is 5.97 Å². The highest BCUT2D eigenvalue weighted by atomic mass is 16.5. The summed E-state index contributed by atoms with van der Waals surface area (Å²) >= 11 is 0. The van der Waals surface area contributed by atoms with Crippen molar-refractivity contribution >= 4 is 17.7 Å². The van der Waals surface area contributed by atoms with Gasteiger partial charge < -0.3 is 14.5 Å². The summed E-state index contributed by atoms with van der Waals surface area (Å²) < 4.78 is 10.6. The van der Waals surface area contributed by atoms with Crippen LogP contribution in [0, 0.1) is 13.8 Å². The van der Waals surface area contributed by atoms with E-state index < -0.39 is 18.5 Å². The SMILES string of the molecule is CC(=O)c1ccc(-c2ccc(C(=O)OCC(=O)N[C@H](C)c3ccc(C)c(C)c3)o2)cc1. The van der Waals surface area contributed by atoms with E-state index in [1.165, 1.54) is 18.6 Å². The van der Waals surface area contributed by atoms with Crippen molar-refractivity contribution in [2.45, 2.75) is 33.7 Å². The number of rotatable bonds is 7. The van der Waals surface area contributed by atoms with E-state index in [1.807, 2.05) is 39.0 Å². The van der Waals surface area contributed by atoms with Crippen LogP contribution >= 0.6 is 0 Å². The molecule has 0 spiro atoms. The molecule has 0 fully saturated rings. The van der Waals surface area contributed by atoms with Gasteiger partial charge in [-0.2, -0.15) is 0 Å². The first kappa shape index (κ1) is 22.0. The lowest BCUT2D eigenvalue weighted by atomic mass is 10.0. The van der Waals surface area contributed by atoms with Gasteiger partial charge in [0, 0.05) is 11.1 Å².